The summed E-state index contributed by atoms with van der Waals surface area (Å²) in [6.45, 7) is 0. The van der Waals surface area contributed by atoms with Crippen molar-refractivity contribution in [3.05, 3.63) is 212 Å². The topological polar surface area (TPSA) is 30.7 Å². The third-order valence-corrected chi connectivity index (χ3v) is 11.2. The van der Waals surface area contributed by atoms with Crippen molar-refractivity contribution >= 4 is 43.5 Å². The fraction of sp³-hybridized carbons (Fsp3) is 0. The predicted octanol–water partition coefficient (Wildman–Crippen LogP) is 14.2. The largest absolute Gasteiger partial charge is 0.309 e. The molecular formula is C54H35N3. The molecule has 2 heterocycles. The van der Waals surface area contributed by atoms with Crippen molar-refractivity contribution in [2.45, 2.75) is 0 Å². The molecule has 0 N–H and O–H groups in total. The zero-order valence-electron chi connectivity index (χ0n) is 31.0. The van der Waals surface area contributed by atoms with Gasteiger partial charge in [-0.3, -0.25) is 0 Å². The van der Waals surface area contributed by atoms with E-state index in [4.69, 9.17) is 9.97 Å². The van der Waals surface area contributed by atoms with Gasteiger partial charge in [-0.15, -0.1) is 0 Å². The molecule has 3 heteroatoms. The third-order valence-electron chi connectivity index (χ3n) is 11.2. The van der Waals surface area contributed by atoms with Gasteiger partial charge in [-0.25, -0.2) is 9.97 Å². The van der Waals surface area contributed by atoms with E-state index in [1.807, 2.05) is 0 Å². The number of hydrogen-bond acceptors (Lipinski definition) is 2. The van der Waals surface area contributed by atoms with Gasteiger partial charge in [-0.1, -0.05) is 158 Å². The summed E-state index contributed by atoms with van der Waals surface area (Å²) in [5.41, 5.74) is 14.3. The molecule has 2 aromatic heterocycles. The summed E-state index contributed by atoms with van der Waals surface area (Å²) in [5, 5.41) is 5.98. The Labute approximate surface area is 330 Å². The van der Waals surface area contributed by atoms with E-state index in [0.29, 0.717) is 5.82 Å². The minimum Gasteiger partial charge on any atom is -0.309 e. The van der Waals surface area contributed by atoms with Gasteiger partial charge in [-0.2, -0.15) is 0 Å². The van der Waals surface area contributed by atoms with Gasteiger partial charge in [0.25, 0.3) is 0 Å². The van der Waals surface area contributed by atoms with Crippen molar-refractivity contribution < 1.29 is 0 Å². The molecule has 57 heavy (non-hydrogen) atoms. The van der Waals surface area contributed by atoms with Crippen molar-refractivity contribution in [3.63, 3.8) is 0 Å². The molecule has 0 aliphatic heterocycles. The minimum absolute atomic E-state index is 0.695. The maximum absolute atomic E-state index is 5.34. The van der Waals surface area contributed by atoms with E-state index < -0.39 is 0 Å². The Hall–Kier alpha value is -7.62. The van der Waals surface area contributed by atoms with Crippen LogP contribution in [0.2, 0.25) is 0 Å². The molecular weight excluding hydrogens is 691 g/mol. The first kappa shape index (κ1) is 32.8. The smallest absolute Gasteiger partial charge is 0.160 e. The molecule has 11 rings (SSSR count). The fourth-order valence-electron chi connectivity index (χ4n) is 8.38. The number of benzene rings is 9. The van der Waals surface area contributed by atoms with Gasteiger partial charge < -0.3 is 4.57 Å². The van der Waals surface area contributed by atoms with Crippen LogP contribution in [0.3, 0.4) is 0 Å². The number of rotatable bonds is 6. The van der Waals surface area contributed by atoms with Gasteiger partial charge in [0.15, 0.2) is 5.82 Å². The van der Waals surface area contributed by atoms with Crippen molar-refractivity contribution in [2.24, 2.45) is 0 Å². The summed E-state index contributed by atoms with van der Waals surface area (Å²) in [4.78, 5) is 10.7. The van der Waals surface area contributed by atoms with Crippen LogP contribution in [0.1, 0.15) is 0 Å². The van der Waals surface area contributed by atoms with Crippen LogP contribution in [0, 0.1) is 0 Å². The Morgan fingerprint density at radius 1 is 0.316 bits per heavy atom. The summed E-state index contributed by atoms with van der Waals surface area (Å²) < 4.78 is 2.37. The Balaban J connectivity index is 1.07. The molecule has 9 aromatic carbocycles. The van der Waals surface area contributed by atoms with Crippen LogP contribution >= 0.6 is 0 Å². The van der Waals surface area contributed by atoms with Gasteiger partial charge in [0, 0.05) is 33.0 Å². The lowest BCUT2D eigenvalue weighted by atomic mass is 9.91. The first-order valence-electron chi connectivity index (χ1n) is 19.4. The quantitative estimate of drug-likeness (QED) is 0.171. The number of aromatic nitrogens is 3. The molecule has 0 spiro atoms. The zero-order valence-corrected chi connectivity index (χ0v) is 31.0. The molecule has 0 bridgehead atoms. The Morgan fingerprint density at radius 3 is 1.56 bits per heavy atom. The van der Waals surface area contributed by atoms with Gasteiger partial charge in [-0.05, 0) is 98.8 Å². The average Bonchev–Trinajstić information content (AvgIpc) is 3.61. The van der Waals surface area contributed by atoms with Gasteiger partial charge >= 0.3 is 0 Å². The normalized spacial score (nSPS) is 11.5. The molecule has 0 aliphatic carbocycles. The van der Waals surface area contributed by atoms with E-state index in [-0.39, 0.29) is 0 Å². The predicted molar refractivity (Wildman–Crippen MR) is 239 cm³/mol. The van der Waals surface area contributed by atoms with Crippen molar-refractivity contribution in [2.75, 3.05) is 0 Å². The van der Waals surface area contributed by atoms with E-state index in [1.54, 1.807) is 0 Å². The summed E-state index contributed by atoms with van der Waals surface area (Å²) in [6.07, 6.45) is 0. The maximum Gasteiger partial charge on any atom is 0.160 e. The monoisotopic (exact) mass is 725 g/mol. The number of fused-ring (bicyclic) bond motifs is 5. The summed E-state index contributed by atoms with van der Waals surface area (Å²) in [5.74, 6) is 0.695. The second kappa shape index (κ2) is 13.6. The molecule has 266 valence electrons. The van der Waals surface area contributed by atoms with Crippen LogP contribution in [0.15, 0.2) is 212 Å². The molecule has 0 saturated carbocycles. The highest BCUT2D eigenvalue weighted by atomic mass is 15.0. The highest BCUT2D eigenvalue weighted by Crippen LogP contribution is 2.40. The zero-order chi connectivity index (χ0) is 37.7. The molecule has 0 radical (unpaired) electrons. The van der Waals surface area contributed by atoms with Crippen LogP contribution in [0.5, 0.6) is 0 Å². The van der Waals surface area contributed by atoms with E-state index in [1.165, 1.54) is 43.7 Å². The highest BCUT2D eigenvalue weighted by molar-refractivity contribution is 6.13. The highest BCUT2D eigenvalue weighted by Gasteiger charge is 2.18. The molecule has 0 aliphatic rings. The van der Waals surface area contributed by atoms with Crippen LogP contribution in [0.25, 0.3) is 105 Å². The lowest BCUT2D eigenvalue weighted by molar-refractivity contribution is 1.17. The molecule has 0 saturated heterocycles. The molecule has 3 nitrogen and oxygen atoms in total. The third kappa shape index (κ3) is 5.76. The van der Waals surface area contributed by atoms with E-state index >= 15 is 0 Å². The Kier molecular flexibility index (Phi) is 7.82. The first-order chi connectivity index (χ1) is 28.2. The summed E-state index contributed by atoms with van der Waals surface area (Å²) in [7, 11) is 0. The van der Waals surface area contributed by atoms with E-state index in [9.17, 15) is 0 Å². The van der Waals surface area contributed by atoms with Crippen LogP contribution < -0.4 is 0 Å². The second-order valence-corrected chi connectivity index (χ2v) is 14.6. The van der Waals surface area contributed by atoms with Crippen LogP contribution in [-0.4, -0.2) is 14.5 Å². The molecule has 0 amide bonds. The summed E-state index contributed by atoms with van der Waals surface area (Å²) >= 11 is 0. The van der Waals surface area contributed by atoms with Crippen molar-refractivity contribution in [1.82, 2.24) is 14.5 Å². The molecule has 11 aromatic rings. The SMILES string of the molecule is c1ccc(-c2ccc(-c3cc4c(-c5ccccc5)nc(-c5ccc(-n6c7ccccc7c7cc8ccccc8cc76)cc5)nc4cc3-c3ccccc3)cc2)cc1. The van der Waals surface area contributed by atoms with Gasteiger partial charge in [0.1, 0.15) is 0 Å². The second-order valence-electron chi connectivity index (χ2n) is 14.6. The number of hydrogen-bond donors (Lipinski definition) is 0. The molecule has 0 fully saturated rings. The lowest BCUT2D eigenvalue weighted by Gasteiger charge is -2.16. The standard InChI is InChI=1S/C54H35N3/c1-4-14-36(15-5-1)37-24-26-39(27-25-37)46-34-49-50(35-47(46)38-16-6-2-7-17-38)55-54(56-53(49)40-18-8-3-9-19-40)41-28-30-44(31-29-41)57-51-23-13-12-22-45(51)48-32-42-20-10-11-21-43(42)33-52(48)57/h1-35H. The lowest BCUT2D eigenvalue weighted by Crippen LogP contribution is -1.98. The van der Waals surface area contributed by atoms with E-state index in [2.05, 4.69) is 217 Å². The molecule has 0 unspecified atom stereocenters. The minimum atomic E-state index is 0.695. The van der Waals surface area contributed by atoms with Crippen LogP contribution in [0.4, 0.5) is 0 Å². The Morgan fingerprint density at radius 2 is 0.842 bits per heavy atom. The van der Waals surface area contributed by atoms with Crippen molar-refractivity contribution in [3.8, 4) is 61.7 Å². The summed E-state index contributed by atoms with van der Waals surface area (Å²) in [6, 6.07) is 75.7. The van der Waals surface area contributed by atoms with E-state index in [0.717, 1.165) is 55.7 Å². The number of nitrogens with zero attached hydrogens (tertiary/aromatic N) is 3. The van der Waals surface area contributed by atoms with Crippen molar-refractivity contribution in [1.29, 1.82) is 0 Å². The van der Waals surface area contributed by atoms with Gasteiger partial charge in [0.2, 0.25) is 0 Å². The first-order valence-corrected chi connectivity index (χ1v) is 19.4. The maximum atomic E-state index is 5.34. The van der Waals surface area contributed by atoms with Crippen LogP contribution in [-0.2, 0) is 0 Å². The van der Waals surface area contributed by atoms with Gasteiger partial charge in [0.05, 0.1) is 22.2 Å². The Bertz CT molecular complexity index is 3240. The number of para-hydroxylation sites is 1. The fourth-order valence-corrected chi connectivity index (χ4v) is 8.38. The average molecular weight is 726 g/mol. The molecule has 0 atom stereocenters.